The van der Waals surface area contributed by atoms with Crippen molar-refractivity contribution in [2.45, 2.75) is 47.1 Å². The number of carbonyl (C=O) groups is 2. The van der Waals surface area contributed by atoms with Gasteiger partial charge in [-0.1, -0.05) is 50.1 Å². The Morgan fingerprint density at radius 2 is 1.91 bits per heavy atom. The van der Waals surface area contributed by atoms with Crippen molar-refractivity contribution in [3.63, 3.8) is 0 Å². The van der Waals surface area contributed by atoms with Gasteiger partial charge >= 0.3 is 0 Å². The summed E-state index contributed by atoms with van der Waals surface area (Å²) in [5, 5.41) is 7.77. The molecule has 2 aromatic carbocycles. The molecule has 1 aromatic heterocycles. The molecule has 7 heteroatoms. The van der Waals surface area contributed by atoms with Crippen LogP contribution in [0.2, 0.25) is 5.02 Å². The van der Waals surface area contributed by atoms with Gasteiger partial charge < -0.3 is 10.6 Å². The van der Waals surface area contributed by atoms with Gasteiger partial charge in [-0.05, 0) is 54.1 Å². The molecule has 0 radical (unpaired) electrons. The summed E-state index contributed by atoms with van der Waals surface area (Å²) in [6, 6.07) is 11.9. The van der Waals surface area contributed by atoms with Crippen molar-refractivity contribution in [2.24, 2.45) is 5.92 Å². The average molecular weight is 458 g/mol. The van der Waals surface area contributed by atoms with Gasteiger partial charge in [-0.25, -0.2) is 9.37 Å². The molecule has 1 atom stereocenters. The number of benzene rings is 2. The van der Waals surface area contributed by atoms with Gasteiger partial charge in [0.05, 0.1) is 0 Å². The number of anilines is 1. The minimum Gasteiger partial charge on any atom is -0.352 e. The average Bonchev–Trinajstić information content (AvgIpc) is 2.74. The second-order valence-corrected chi connectivity index (χ2v) is 8.08. The molecule has 1 heterocycles. The zero-order chi connectivity index (χ0) is 23.7. The predicted molar refractivity (Wildman–Crippen MR) is 128 cm³/mol. The molecule has 2 amide bonds. The van der Waals surface area contributed by atoms with Gasteiger partial charge in [0.2, 0.25) is 11.8 Å². The molecule has 3 aromatic rings. The SMILES string of the molecule is CC(=O)Nc1cc2cc(F)ccc2cn1.CCCC(C)C(=O)NCc1cccc(C)c1Cl. The van der Waals surface area contributed by atoms with Crippen LogP contribution in [0.3, 0.4) is 0 Å². The Morgan fingerprint density at radius 3 is 2.59 bits per heavy atom. The smallest absolute Gasteiger partial charge is 0.223 e. The summed E-state index contributed by atoms with van der Waals surface area (Å²) in [7, 11) is 0. The zero-order valence-corrected chi connectivity index (χ0v) is 19.6. The lowest BCUT2D eigenvalue weighted by Gasteiger charge is -2.12. The highest BCUT2D eigenvalue weighted by Gasteiger charge is 2.12. The highest BCUT2D eigenvalue weighted by atomic mass is 35.5. The summed E-state index contributed by atoms with van der Waals surface area (Å²) >= 11 is 6.17. The quantitative estimate of drug-likeness (QED) is 0.474. The number of amides is 2. The number of hydrogen-bond donors (Lipinski definition) is 2. The molecule has 1 unspecified atom stereocenters. The molecule has 0 spiro atoms. The van der Waals surface area contributed by atoms with E-state index >= 15 is 0 Å². The fourth-order valence-corrected chi connectivity index (χ4v) is 3.32. The maximum atomic E-state index is 12.9. The molecule has 0 aliphatic rings. The molecule has 32 heavy (non-hydrogen) atoms. The normalized spacial score (nSPS) is 11.3. The van der Waals surface area contributed by atoms with Crippen molar-refractivity contribution in [1.82, 2.24) is 10.3 Å². The van der Waals surface area contributed by atoms with Crippen LogP contribution < -0.4 is 10.6 Å². The first-order valence-corrected chi connectivity index (χ1v) is 10.9. The lowest BCUT2D eigenvalue weighted by atomic mass is 10.1. The molecule has 0 fully saturated rings. The van der Waals surface area contributed by atoms with Crippen molar-refractivity contribution in [2.75, 3.05) is 5.32 Å². The number of aryl methyl sites for hydroxylation is 1. The van der Waals surface area contributed by atoms with Crippen molar-refractivity contribution < 1.29 is 14.0 Å². The molecular formula is C25H29ClFN3O2. The van der Waals surface area contributed by atoms with Crippen LogP contribution in [-0.2, 0) is 16.1 Å². The van der Waals surface area contributed by atoms with E-state index < -0.39 is 0 Å². The fourth-order valence-electron chi connectivity index (χ4n) is 3.13. The number of fused-ring (bicyclic) bond motifs is 1. The second kappa shape index (κ2) is 12.2. The van der Waals surface area contributed by atoms with Gasteiger partial charge in [-0.15, -0.1) is 0 Å². The summed E-state index contributed by atoms with van der Waals surface area (Å²) in [6.07, 6.45) is 3.55. The van der Waals surface area contributed by atoms with E-state index in [9.17, 15) is 14.0 Å². The molecule has 3 rings (SSSR count). The number of nitrogens with one attached hydrogen (secondary N) is 2. The molecule has 170 valence electrons. The van der Waals surface area contributed by atoms with E-state index in [4.69, 9.17) is 11.6 Å². The molecule has 0 aliphatic heterocycles. The summed E-state index contributed by atoms with van der Waals surface area (Å²) in [5.41, 5.74) is 2.02. The Morgan fingerprint density at radius 1 is 1.16 bits per heavy atom. The summed E-state index contributed by atoms with van der Waals surface area (Å²) in [6.45, 7) is 7.91. The third-order valence-electron chi connectivity index (χ3n) is 4.88. The highest BCUT2D eigenvalue weighted by Crippen LogP contribution is 2.20. The first-order chi connectivity index (χ1) is 15.2. The second-order valence-electron chi connectivity index (χ2n) is 7.70. The minimum atomic E-state index is -0.303. The Hall–Kier alpha value is -2.99. The van der Waals surface area contributed by atoms with E-state index in [0.717, 1.165) is 34.4 Å². The number of hydrogen-bond acceptors (Lipinski definition) is 3. The minimum absolute atomic E-state index is 0.0728. The van der Waals surface area contributed by atoms with Crippen LogP contribution in [0.1, 0.15) is 44.7 Å². The van der Waals surface area contributed by atoms with Crippen LogP contribution in [0.4, 0.5) is 10.2 Å². The van der Waals surface area contributed by atoms with E-state index in [1.807, 2.05) is 32.0 Å². The van der Waals surface area contributed by atoms with E-state index in [1.54, 1.807) is 18.3 Å². The molecule has 2 N–H and O–H groups in total. The van der Waals surface area contributed by atoms with Gasteiger partial charge in [0.25, 0.3) is 0 Å². The first-order valence-electron chi connectivity index (χ1n) is 10.6. The van der Waals surface area contributed by atoms with Crippen LogP contribution >= 0.6 is 11.6 Å². The van der Waals surface area contributed by atoms with Crippen molar-refractivity contribution in [1.29, 1.82) is 0 Å². The summed E-state index contributed by atoms with van der Waals surface area (Å²) in [4.78, 5) is 26.6. The van der Waals surface area contributed by atoms with Crippen LogP contribution in [0.15, 0.2) is 48.7 Å². The standard InChI is InChI=1S/C14H20ClNO.C11H9FN2O/c1-4-6-11(3)14(17)16-9-12-8-5-7-10(2)13(12)15;1-7(15)14-11-5-9-4-10(12)3-2-8(9)6-13-11/h5,7-8,11H,4,6,9H2,1-3H3,(H,16,17);2-6H,1H3,(H,13,14,15). The molecular weight excluding hydrogens is 429 g/mol. The Balaban J connectivity index is 0.000000228. The van der Waals surface area contributed by atoms with E-state index in [1.165, 1.54) is 19.1 Å². The number of pyridine rings is 1. The van der Waals surface area contributed by atoms with Gasteiger partial charge in [-0.2, -0.15) is 0 Å². The predicted octanol–water partition coefficient (Wildman–Crippen LogP) is 6.03. The van der Waals surface area contributed by atoms with E-state index in [0.29, 0.717) is 17.7 Å². The Labute approximate surface area is 193 Å². The van der Waals surface area contributed by atoms with Crippen LogP contribution in [-0.4, -0.2) is 16.8 Å². The van der Waals surface area contributed by atoms with Gasteiger partial charge in [-0.3, -0.25) is 9.59 Å². The van der Waals surface area contributed by atoms with Crippen molar-refractivity contribution >= 4 is 40.0 Å². The largest absolute Gasteiger partial charge is 0.352 e. The highest BCUT2D eigenvalue weighted by molar-refractivity contribution is 6.32. The lowest BCUT2D eigenvalue weighted by Crippen LogP contribution is -2.28. The fraction of sp³-hybridized carbons (Fsp3) is 0.320. The summed E-state index contributed by atoms with van der Waals surface area (Å²) in [5.74, 6) is 0.106. The molecule has 0 aliphatic carbocycles. The van der Waals surface area contributed by atoms with E-state index in [2.05, 4.69) is 22.5 Å². The molecule has 0 saturated heterocycles. The zero-order valence-electron chi connectivity index (χ0n) is 18.8. The number of nitrogens with zero attached hydrogens (tertiary/aromatic N) is 1. The number of rotatable bonds is 6. The third-order valence-corrected chi connectivity index (χ3v) is 5.42. The van der Waals surface area contributed by atoms with Gasteiger partial charge in [0, 0.05) is 36.0 Å². The molecule has 0 bridgehead atoms. The maximum absolute atomic E-state index is 12.9. The van der Waals surface area contributed by atoms with Crippen LogP contribution in [0, 0.1) is 18.7 Å². The van der Waals surface area contributed by atoms with Crippen molar-refractivity contribution in [3.05, 3.63) is 70.6 Å². The molecule has 0 saturated carbocycles. The Kier molecular flexibility index (Phi) is 9.60. The monoisotopic (exact) mass is 457 g/mol. The lowest BCUT2D eigenvalue weighted by molar-refractivity contribution is -0.124. The van der Waals surface area contributed by atoms with Crippen LogP contribution in [0.25, 0.3) is 10.8 Å². The number of halogens is 2. The van der Waals surface area contributed by atoms with Crippen LogP contribution in [0.5, 0.6) is 0 Å². The maximum Gasteiger partial charge on any atom is 0.223 e. The topological polar surface area (TPSA) is 71.1 Å². The molecule has 5 nitrogen and oxygen atoms in total. The number of aromatic nitrogens is 1. The van der Waals surface area contributed by atoms with Gasteiger partial charge in [0.1, 0.15) is 11.6 Å². The van der Waals surface area contributed by atoms with Gasteiger partial charge in [0.15, 0.2) is 0 Å². The Bertz CT molecular complexity index is 1090. The summed E-state index contributed by atoms with van der Waals surface area (Å²) < 4.78 is 12.9. The van der Waals surface area contributed by atoms with Crippen molar-refractivity contribution in [3.8, 4) is 0 Å². The first kappa shape index (κ1) is 25.3. The third kappa shape index (κ3) is 7.61. The number of carbonyl (C=O) groups excluding carboxylic acids is 2. The van der Waals surface area contributed by atoms with E-state index in [-0.39, 0.29) is 23.5 Å².